The third kappa shape index (κ3) is 4.02. The molecule has 18 heavy (non-hydrogen) atoms. The second-order valence-electron chi connectivity index (χ2n) is 5.08. The van der Waals surface area contributed by atoms with Gasteiger partial charge in [-0.25, -0.2) is 9.97 Å². The van der Waals surface area contributed by atoms with Crippen LogP contribution in [-0.4, -0.2) is 22.8 Å². The lowest BCUT2D eigenvalue weighted by atomic mass is 9.82. The molecule has 1 aliphatic rings. The zero-order valence-electron chi connectivity index (χ0n) is 10.9. The Kier molecular flexibility index (Phi) is 5.13. The summed E-state index contributed by atoms with van der Waals surface area (Å²) in [5.74, 6) is 2.47. The van der Waals surface area contributed by atoms with Crippen LogP contribution in [0.4, 0.5) is 5.82 Å². The lowest BCUT2D eigenvalue weighted by Crippen LogP contribution is -2.21. The maximum absolute atomic E-state index is 5.97. The van der Waals surface area contributed by atoms with E-state index in [1.54, 1.807) is 6.07 Å². The van der Waals surface area contributed by atoms with E-state index in [0.29, 0.717) is 5.15 Å². The topological polar surface area (TPSA) is 37.8 Å². The lowest BCUT2D eigenvalue weighted by molar-refractivity contribution is 0.293. The summed E-state index contributed by atoms with van der Waals surface area (Å²) in [5.41, 5.74) is 0. The minimum Gasteiger partial charge on any atom is -0.370 e. The highest BCUT2D eigenvalue weighted by molar-refractivity contribution is 7.98. The number of hydrogen-bond acceptors (Lipinski definition) is 4. The van der Waals surface area contributed by atoms with Crippen molar-refractivity contribution in [2.75, 3.05) is 18.1 Å². The normalized spacial score (nSPS) is 23.9. The van der Waals surface area contributed by atoms with E-state index in [4.69, 9.17) is 11.6 Å². The fourth-order valence-electron chi connectivity index (χ4n) is 2.57. The molecule has 1 saturated carbocycles. The van der Waals surface area contributed by atoms with Crippen LogP contribution in [0.25, 0.3) is 0 Å². The monoisotopic (exact) mass is 285 g/mol. The number of aromatic nitrogens is 2. The van der Waals surface area contributed by atoms with Gasteiger partial charge >= 0.3 is 0 Å². The Morgan fingerprint density at radius 1 is 1.44 bits per heavy atom. The van der Waals surface area contributed by atoms with E-state index in [2.05, 4.69) is 22.2 Å². The van der Waals surface area contributed by atoms with Gasteiger partial charge in [0.05, 0.1) is 0 Å². The number of nitrogens with one attached hydrogen (secondary N) is 1. The predicted octanol–water partition coefficient (Wildman–Crippen LogP) is 4.09. The molecular formula is C13H20ClN3S. The van der Waals surface area contributed by atoms with Crippen LogP contribution < -0.4 is 5.32 Å². The summed E-state index contributed by atoms with van der Waals surface area (Å²) in [7, 11) is 0. The van der Waals surface area contributed by atoms with Crippen LogP contribution in [0.2, 0.25) is 5.15 Å². The smallest absolute Gasteiger partial charge is 0.190 e. The van der Waals surface area contributed by atoms with Crippen molar-refractivity contribution in [1.82, 2.24) is 9.97 Å². The average molecular weight is 286 g/mol. The molecule has 0 saturated heterocycles. The van der Waals surface area contributed by atoms with E-state index >= 15 is 0 Å². The summed E-state index contributed by atoms with van der Waals surface area (Å²) in [4.78, 5) is 8.55. The number of anilines is 1. The molecule has 0 aliphatic heterocycles. The molecule has 100 valence electrons. The SMILES string of the molecule is CSc1nc(Cl)cc(NCC2CCCC(C)C2)n1. The molecule has 3 nitrogen and oxygen atoms in total. The molecule has 1 fully saturated rings. The van der Waals surface area contributed by atoms with Crippen molar-refractivity contribution >= 4 is 29.2 Å². The maximum atomic E-state index is 5.97. The van der Waals surface area contributed by atoms with E-state index in [1.807, 2.05) is 6.26 Å². The summed E-state index contributed by atoms with van der Waals surface area (Å²) in [6, 6.07) is 1.80. The summed E-state index contributed by atoms with van der Waals surface area (Å²) >= 11 is 7.48. The third-order valence-corrected chi connectivity index (χ3v) is 4.22. The van der Waals surface area contributed by atoms with Crippen molar-refractivity contribution in [3.8, 4) is 0 Å². The number of halogens is 1. The highest BCUT2D eigenvalue weighted by Gasteiger charge is 2.18. The van der Waals surface area contributed by atoms with Gasteiger partial charge < -0.3 is 5.32 Å². The molecule has 0 radical (unpaired) electrons. The van der Waals surface area contributed by atoms with Gasteiger partial charge in [-0.2, -0.15) is 0 Å². The highest BCUT2D eigenvalue weighted by atomic mass is 35.5. The van der Waals surface area contributed by atoms with Crippen molar-refractivity contribution in [1.29, 1.82) is 0 Å². The molecule has 1 heterocycles. The molecule has 0 aromatic carbocycles. The summed E-state index contributed by atoms with van der Waals surface area (Å²) < 4.78 is 0. The maximum Gasteiger partial charge on any atom is 0.190 e. The molecule has 0 spiro atoms. The first-order valence-electron chi connectivity index (χ1n) is 6.50. The number of hydrogen-bond donors (Lipinski definition) is 1. The molecule has 1 aromatic heterocycles. The Bertz CT molecular complexity index is 400. The van der Waals surface area contributed by atoms with Gasteiger partial charge in [-0.3, -0.25) is 0 Å². The molecule has 0 bridgehead atoms. The minimum absolute atomic E-state index is 0.508. The Morgan fingerprint density at radius 3 is 3.00 bits per heavy atom. The molecular weight excluding hydrogens is 266 g/mol. The molecule has 2 rings (SSSR count). The van der Waals surface area contributed by atoms with Crippen LogP contribution in [0.3, 0.4) is 0 Å². The van der Waals surface area contributed by atoms with E-state index < -0.39 is 0 Å². The van der Waals surface area contributed by atoms with Gasteiger partial charge in [-0.15, -0.1) is 0 Å². The van der Waals surface area contributed by atoms with Crippen LogP contribution in [-0.2, 0) is 0 Å². The summed E-state index contributed by atoms with van der Waals surface area (Å²) in [6.07, 6.45) is 7.34. The zero-order valence-corrected chi connectivity index (χ0v) is 12.5. The number of thioether (sulfide) groups is 1. The Labute approximate surface area is 118 Å². The third-order valence-electron chi connectivity index (χ3n) is 3.47. The van der Waals surface area contributed by atoms with E-state index in [1.165, 1.54) is 37.4 Å². The molecule has 2 atom stereocenters. The van der Waals surface area contributed by atoms with Crippen molar-refractivity contribution < 1.29 is 0 Å². The van der Waals surface area contributed by atoms with Gasteiger partial charge in [-0.1, -0.05) is 43.1 Å². The van der Waals surface area contributed by atoms with Crippen LogP contribution in [0.5, 0.6) is 0 Å². The second kappa shape index (κ2) is 6.62. The van der Waals surface area contributed by atoms with Gasteiger partial charge in [0.25, 0.3) is 0 Å². The largest absolute Gasteiger partial charge is 0.370 e. The quantitative estimate of drug-likeness (QED) is 0.514. The molecule has 1 aromatic rings. The van der Waals surface area contributed by atoms with Crippen LogP contribution in [0, 0.1) is 11.8 Å². The molecule has 1 N–H and O–H groups in total. The van der Waals surface area contributed by atoms with Crippen molar-refractivity contribution in [2.45, 2.75) is 37.8 Å². The fourth-order valence-corrected chi connectivity index (χ4v) is 3.19. The Balaban J connectivity index is 1.91. The van der Waals surface area contributed by atoms with Gasteiger partial charge in [0.15, 0.2) is 5.16 Å². The van der Waals surface area contributed by atoms with Crippen molar-refractivity contribution in [2.24, 2.45) is 11.8 Å². The average Bonchev–Trinajstić information content (AvgIpc) is 2.36. The van der Waals surface area contributed by atoms with Gasteiger partial charge in [0.1, 0.15) is 11.0 Å². The van der Waals surface area contributed by atoms with Gasteiger partial charge in [0, 0.05) is 12.6 Å². The number of rotatable bonds is 4. The standard InChI is InChI=1S/C13H20ClN3S/c1-9-4-3-5-10(6-9)8-15-12-7-11(14)16-13(17-12)18-2/h7,9-10H,3-6,8H2,1-2H3,(H,15,16,17). The fraction of sp³-hybridized carbons (Fsp3) is 0.692. The molecule has 2 unspecified atom stereocenters. The highest BCUT2D eigenvalue weighted by Crippen LogP contribution is 2.28. The first-order chi connectivity index (χ1) is 8.67. The second-order valence-corrected chi connectivity index (χ2v) is 6.24. The van der Waals surface area contributed by atoms with Crippen molar-refractivity contribution in [3.05, 3.63) is 11.2 Å². The van der Waals surface area contributed by atoms with E-state index in [-0.39, 0.29) is 0 Å². The van der Waals surface area contributed by atoms with Gasteiger partial charge in [0.2, 0.25) is 0 Å². The minimum atomic E-state index is 0.508. The summed E-state index contributed by atoms with van der Waals surface area (Å²) in [6.45, 7) is 3.34. The lowest BCUT2D eigenvalue weighted by Gasteiger charge is -2.26. The Hall–Kier alpha value is -0.480. The molecule has 1 aliphatic carbocycles. The summed E-state index contributed by atoms with van der Waals surface area (Å²) in [5, 5.41) is 4.63. The Morgan fingerprint density at radius 2 is 2.28 bits per heavy atom. The van der Waals surface area contributed by atoms with Crippen molar-refractivity contribution in [3.63, 3.8) is 0 Å². The van der Waals surface area contributed by atoms with Crippen LogP contribution in [0.15, 0.2) is 11.2 Å². The predicted molar refractivity (Wildman–Crippen MR) is 78.4 cm³/mol. The molecule has 5 heteroatoms. The first-order valence-corrected chi connectivity index (χ1v) is 8.10. The van der Waals surface area contributed by atoms with Gasteiger partial charge in [-0.05, 0) is 30.9 Å². The first kappa shape index (κ1) is 13.9. The van der Waals surface area contributed by atoms with E-state index in [0.717, 1.165) is 29.4 Å². The van der Waals surface area contributed by atoms with E-state index in [9.17, 15) is 0 Å². The number of nitrogens with zero attached hydrogens (tertiary/aromatic N) is 2. The van der Waals surface area contributed by atoms with Crippen LogP contribution >= 0.6 is 23.4 Å². The zero-order chi connectivity index (χ0) is 13.0. The van der Waals surface area contributed by atoms with Crippen LogP contribution in [0.1, 0.15) is 32.6 Å². The molecule has 0 amide bonds.